The molecular formula is C27H36N2O4. The van der Waals surface area contributed by atoms with Gasteiger partial charge in [-0.25, -0.2) is 0 Å². The molecule has 0 radical (unpaired) electrons. The summed E-state index contributed by atoms with van der Waals surface area (Å²) in [5.74, 6) is 2.08. The fourth-order valence-electron chi connectivity index (χ4n) is 5.16. The number of rotatable bonds is 7. The fraction of sp³-hybridized carbons (Fsp3) is 0.519. The Kier molecular flexibility index (Phi) is 7.56. The van der Waals surface area contributed by atoms with Crippen molar-refractivity contribution in [3.8, 4) is 11.5 Å². The van der Waals surface area contributed by atoms with Crippen LogP contribution in [0.1, 0.15) is 72.5 Å². The van der Waals surface area contributed by atoms with Gasteiger partial charge in [0.1, 0.15) is 0 Å². The zero-order chi connectivity index (χ0) is 23.4. The normalized spacial score (nSPS) is 22.2. The van der Waals surface area contributed by atoms with Crippen molar-refractivity contribution >= 4 is 5.91 Å². The van der Waals surface area contributed by atoms with Gasteiger partial charge in [-0.15, -0.1) is 0 Å². The number of carbonyl (C=O) groups is 1. The Labute approximate surface area is 196 Å². The molecule has 2 N–H and O–H groups in total. The van der Waals surface area contributed by atoms with Crippen molar-refractivity contribution in [2.45, 2.75) is 63.1 Å². The number of amides is 1. The number of ether oxygens (including phenoxy) is 2. The molecule has 178 valence electrons. The molecule has 1 unspecified atom stereocenters. The van der Waals surface area contributed by atoms with Gasteiger partial charge in [0.15, 0.2) is 11.5 Å². The quantitative estimate of drug-likeness (QED) is 0.656. The number of piperidine rings is 1. The molecule has 1 saturated carbocycles. The fourth-order valence-corrected chi connectivity index (χ4v) is 5.16. The first-order valence-corrected chi connectivity index (χ1v) is 12.0. The van der Waals surface area contributed by atoms with Gasteiger partial charge in [0.05, 0.1) is 20.3 Å². The molecule has 2 aliphatic rings. The highest BCUT2D eigenvalue weighted by molar-refractivity contribution is 5.94. The number of hydrogen-bond acceptors (Lipinski definition) is 5. The standard InChI is InChI=1S/C27H36N2O4/c1-18(21-9-11-25(32-2)26(17-21)33-3)28-23-10-8-22(16-23)19-4-6-20(7-5-19)27(31)29-14-12-24(30)13-15-29/h4-7,9,11,17-18,22-24,28,30H,8,10,12-16H2,1-3H3/t18-,22+,23?/m1/s1. The molecule has 1 amide bonds. The van der Waals surface area contributed by atoms with Gasteiger partial charge in [0, 0.05) is 30.7 Å². The molecule has 33 heavy (non-hydrogen) atoms. The van der Waals surface area contributed by atoms with Gasteiger partial charge in [-0.3, -0.25) is 4.79 Å². The molecule has 2 aromatic carbocycles. The van der Waals surface area contributed by atoms with Crippen LogP contribution in [0.5, 0.6) is 11.5 Å². The largest absolute Gasteiger partial charge is 0.493 e. The number of nitrogens with zero attached hydrogens (tertiary/aromatic N) is 1. The molecular weight excluding hydrogens is 416 g/mol. The van der Waals surface area contributed by atoms with Crippen LogP contribution >= 0.6 is 0 Å². The second-order valence-corrected chi connectivity index (χ2v) is 9.36. The smallest absolute Gasteiger partial charge is 0.253 e. The first-order chi connectivity index (χ1) is 16.0. The second-order valence-electron chi connectivity index (χ2n) is 9.36. The lowest BCUT2D eigenvalue weighted by Crippen LogP contribution is -2.40. The number of methoxy groups -OCH3 is 2. The van der Waals surface area contributed by atoms with Crippen molar-refractivity contribution < 1.29 is 19.4 Å². The number of likely N-dealkylation sites (tertiary alicyclic amines) is 1. The number of aliphatic hydroxyl groups is 1. The molecule has 0 spiro atoms. The highest BCUT2D eigenvalue weighted by Gasteiger charge is 2.28. The monoisotopic (exact) mass is 452 g/mol. The van der Waals surface area contributed by atoms with Gasteiger partial charge in [-0.1, -0.05) is 18.2 Å². The number of nitrogens with one attached hydrogen (secondary N) is 1. The molecule has 1 saturated heterocycles. The number of carbonyl (C=O) groups excluding carboxylic acids is 1. The summed E-state index contributed by atoms with van der Waals surface area (Å²) in [6.07, 6.45) is 4.45. The molecule has 1 aliphatic carbocycles. The maximum absolute atomic E-state index is 12.8. The predicted molar refractivity (Wildman–Crippen MR) is 129 cm³/mol. The summed E-state index contributed by atoms with van der Waals surface area (Å²) >= 11 is 0. The van der Waals surface area contributed by atoms with E-state index in [9.17, 15) is 9.90 Å². The summed E-state index contributed by atoms with van der Waals surface area (Å²) in [6.45, 7) is 3.46. The van der Waals surface area contributed by atoms with Crippen LogP contribution in [0.15, 0.2) is 42.5 Å². The Morgan fingerprint density at radius 3 is 2.36 bits per heavy atom. The molecule has 2 aromatic rings. The molecule has 1 heterocycles. The van der Waals surface area contributed by atoms with Crippen LogP contribution in [0.3, 0.4) is 0 Å². The van der Waals surface area contributed by atoms with E-state index in [-0.39, 0.29) is 18.1 Å². The van der Waals surface area contributed by atoms with E-state index >= 15 is 0 Å². The van der Waals surface area contributed by atoms with Crippen molar-refractivity contribution in [3.63, 3.8) is 0 Å². The van der Waals surface area contributed by atoms with Crippen molar-refractivity contribution in [2.75, 3.05) is 27.3 Å². The maximum Gasteiger partial charge on any atom is 0.253 e. The van der Waals surface area contributed by atoms with Crippen molar-refractivity contribution in [3.05, 3.63) is 59.2 Å². The van der Waals surface area contributed by atoms with Gasteiger partial charge in [0.2, 0.25) is 0 Å². The van der Waals surface area contributed by atoms with E-state index in [1.807, 2.05) is 29.2 Å². The number of aliphatic hydroxyl groups excluding tert-OH is 1. The van der Waals surface area contributed by atoms with E-state index in [4.69, 9.17) is 9.47 Å². The molecule has 2 fully saturated rings. The SMILES string of the molecule is COc1ccc([C@@H](C)NC2CC[C@H](c3ccc(C(=O)N4CCC(O)CC4)cc3)C2)cc1OC. The molecule has 0 bridgehead atoms. The molecule has 0 aromatic heterocycles. The summed E-state index contributed by atoms with van der Waals surface area (Å²) in [7, 11) is 3.32. The molecule has 4 rings (SSSR count). The molecule has 1 aliphatic heterocycles. The first kappa shape index (κ1) is 23.6. The first-order valence-electron chi connectivity index (χ1n) is 12.0. The summed E-state index contributed by atoms with van der Waals surface area (Å²) < 4.78 is 10.8. The molecule has 3 atom stereocenters. The van der Waals surface area contributed by atoms with Crippen LogP contribution in [-0.4, -0.2) is 55.4 Å². The minimum Gasteiger partial charge on any atom is -0.493 e. The van der Waals surface area contributed by atoms with Crippen molar-refractivity contribution in [1.82, 2.24) is 10.2 Å². The van der Waals surface area contributed by atoms with Crippen LogP contribution in [0.25, 0.3) is 0 Å². The van der Waals surface area contributed by atoms with E-state index < -0.39 is 0 Å². The third kappa shape index (κ3) is 5.50. The topological polar surface area (TPSA) is 71.0 Å². The van der Waals surface area contributed by atoms with E-state index in [0.29, 0.717) is 37.9 Å². The van der Waals surface area contributed by atoms with Gasteiger partial charge >= 0.3 is 0 Å². The van der Waals surface area contributed by atoms with Crippen molar-refractivity contribution in [1.29, 1.82) is 0 Å². The number of hydrogen-bond donors (Lipinski definition) is 2. The van der Waals surface area contributed by atoms with E-state index in [2.05, 4.69) is 30.4 Å². The minimum absolute atomic E-state index is 0.0724. The van der Waals surface area contributed by atoms with E-state index in [0.717, 1.165) is 36.3 Å². The average Bonchev–Trinajstić information content (AvgIpc) is 3.32. The van der Waals surface area contributed by atoms with Gasteiger partial charge < -0.3 is 24.8 Å². The van der Waals surface area contributed by atoms with Crippen LogP contribution in [0, 0.1) is 0 Å². The van der Waals surface area contributed by atoms with Crippen molar-refractivity contribution in [2.24, 2.45) is 0 Å². The van der Waals surface area contributed by atoms with E-state index in [1.165, 1.54) is 11.1 Å². The Morgan fingerprint density at radius 1 is 1.00 bits per heavy atom. The highest BCUT2D eigenvalue weighted by Crippen LogP contribution is 2.36. The third-order valence-corrected chi connectivity index (χ3v) is 7.21. The zero-order valence-corrected chi connectivity index (χ0v) is 19.9. The van der Waals surface area contributed by atoms with Crippen LogP contribution in [0.4, 0.5) is 0 Å². The third-order valence-electron chi connectivity index (χ3n) is 7.21. The Balaban J connectivity index is 1.32. The maximum atomic E-state index is 12.8. The van der Waals surface area contributed by atoms with Gasteiger partial charge in [-0.05, 0) is 80.3 Å². The molecule has 6 nitrogen and oxygen atoms in total. The second kappa shape index (κ2) is 10.6. The molecule has 6 heteroatoms. The van der Waals surface area contributed by atoms with E-state index in [1.54, 1.807) is 14.2 Å². The predicted octanol–water partition coefficient (Wildman–Crippen LogP) is 4.29. The Bertz CT molecular complexity index is 938. The van der Waals surface area contributed by atoms with Crippen LogP contribution in [0.2, 0.25) is 0 Å². The Morgan fingerprint density at radius 2 is 1.70 bits per heavy atom. The Hall–Kier alpha value is -2.57. The lowest BCUT2D eigenvalue weighted by atomic mass is 9.96. The highest BCUT2D eigenvalue weighted by atomic mass is 16.5. The summed E-state index contributed by atoms with van der Waals surface area (Å²) in [4.78, 5) is 14.6. The van der Waals surface area contributed by atoms with Crippen LogP contribution in [-0.2, 0) is 0 Å². The lowest BCUT2D eigenvalue weighted by molar-refractivity contribution is 0.0546. The lowest BCUT2D eigenvalue weighted by Gasteiger charge is -2.29. The van der Waals surface area contributed by atoms with Gasteiger partial charge in [0.25, 0.3) is 5.91 Å². The van der Waals surface area contributed by atoms with Crippen LogP contribution < -0.4 is 14.8 Å². The number of benzene rings is 2. The van der Waals surface area contributed by atoms with Gasteiger partial charge in [-0.2, -0.15) is 0 Å². The summed E-state index contributed by atoms with van der Waals surface area (Å²) in [5, 5.41) is 13.5. The summed E-state index contributed by atoms with van der Waals surface area (Å²) in [6, 6.07) is 14.9. The minimum atomic E-state index is -0.269. The zero-order valence-electron chi connectivity index (χ0n) is 19.9. The average molecular weight is 453 g/mol. The summed E-state index contributed by atoms with van der Waals surface area (Å²) in [5.41, 5.74) is 3.23.